The van der Waals surface area contributed by atoms with Gasteiger partial charge >= 0.3 is 0 Å². The first kappa shape index (κ1) is 22.4. The maximum Gasteiger partial charge on any atom is 0.223 e. The molecule has 1 atom stereocenters. The molecule has 0 aliphatic carbocycles. The third-order valence-electron chi connectivity index (χ3n) is 4.40. The zero-order valence-corrected chi connectivity index (χ0v) is 17.9. The molecule has 25 heavy (non-hydrogen) atoms. The van der Waals surface area contributed by atoms with Crippen LogP contribution in [0.1, 0.15) is 6.42 Å². The summed E-state index contributed by atoms with van der Waals surface area (Å²) in [6.45, 7) is 7.25. The molecule has 2 heterocycles. The van der Waals surface area contributed by atoms with Gasteiger partial charge in [0.05, 0.1) is 25.9 Å². The molecule has 9 heteroatoms. The number of nitrogens with zero attached hydrogens (tertiary/aromatic N) is 4. The Morgan fingerprint density at radius 3 is 2.52 bits per heavy atom. The van der Waals surface area contributed by atoms with Crippen LogP contribution >= 0.6 is 24.0 Å². The number of halogens is 1. The first-order chi connectivity index (χ1) is 11.6. The number of piperazine rings is 1. The average Bonchev–Trinajstić information content (AvgIpc) is 2.62. The molecule has 0 aromatic heterocycles. The second kappa shape index (κ2) is 11.9. The number of hydrogen-bond acceptors (Lipinski definition) is 5. The number of aliphatic imine (C=N–C) groups is 1. The van der Waals surface area contributed by atoms with Gasteiger partial charge in [0.15, 0.2) is 5.96 Å². The van der Waals surface area contributed by atoms with E-state index in [1.165, 1.54) is 0 Å². The predicted octanol–water partition coefficient (Wildman–Crippen LogP) is -0.309. The molecule has 0 saturated carbocycles. The van der Waals surface area contributed by atoms with Gasteiger partial charge in [-0.05, 0) is 0 Å². The minimum atomic E-state index is 0. The smallest absolute Gasteiger partial charge is 0.223 e. The van der Waals surface area contributed by atoms with Crippen molar-refractivity contribution in [3.63, 3.8) is 0 Å². The molecule has 2 aliphatic heterocycles. The van der Waals surface area contributed by atoms with Gasteiger partial charge in [-0.2, -0.15) is 0 Å². The summed E-state index contributed by atoms with van der Waals surface area (Å²) in [7, 11) is 5.41. The summed E-state index contributed by atoms with van der Waals surface area (Å²) < 4.78 is 11.1. The second-order valence-electron chi connectivity index (χ2n) is 6.36. The molecule has 0 spiro atoms. The van der Waals surface area contributed by atoms with Crippen LogP contribution in [-0.2, 0) is 14.3 Å². The minimum Gasteiger partial charge on any atom is -0.376 e. The molecule has 1 unspecified atom stereocenters. The monoisotopic (exact) mass is 469 g/mol. The summed E-state index contributed by atoms with van der Waals surface area (Å²) >= 11 is 0. The molecule has 0 aromatic carbocycles. The quantitative estimate of drug-likeness (QED) is 0.339. The molecule has 2 saturated heterocycles. The van der Waals surface area contributed by atoms with Crippen molar-refractivity contribution in [2.45, 2.75) is 12.5 Å². The zero-order valence-electron chi connectivity index (χ0n) is 15.6. The van der Waals surface area contributed by atoms with E-state index in [0.29, 0.717) is 32.8 Å². The van der Waals surface area contributed by atoms with E-state index in [-0.39, 0.29) is 36.0 Å². The topological polar surface area (TPSA) is 69.6 Å². The molecule has 2 aliphatic rings. The Balaban J connectivity index is 0.00000312. The van der Waals surface area contributed by atoms with Crippen LogP contribution in [0.15, 0.2) is 4.99 Å². The van der Waals surface area contributed by atoms with Crippen LogP contribution in [0.4, 0.5) is 0 Å². The van der Waals surface area contributed by atoms with Gasteiger partial charge < -0.3 is 24.6 Å². The summed E-state index contributed by atoms with van der Waals surface area (Å²) in [5.41, 5.74) is 0. The Labute approximate surface area is 167 Å². The van der Waals surface area contributed by atoms with Crippen molar-refractivity contribution in [2.24, 2.45) is 4.99 Å². The van der Waals surface area contributed by atoms with Gasteiger partial charge in [-0.3, -0.25) is 14.7 Å². The van der Waals surface area contributed by atoms with Gasteiger partial charge in [-0.25, -0.2) is 0 Å². The Bertz CT molecular complexity index is 422. The fourth-order valence-electron chi connectivity index (χ4n) is 2.85. The molecule has 0 radical (unpaired) electrons. The molecule has 146 valence electrons. The lowest BCUT2D eigenvalue weighted by atomic mass is 10.3. The number of carbonyl (C=O) groups is 1. The summed E-state index contributed by atoms with van der Waals surface area (Å²) in [5.74, 6) is 1.10. The predicted molar refractivity (Wildman–Crippen MR) is 109 cm³/mol. The fraction of sp³-hybridized carbons (Fsp3) is 0.875. The lowest BCUT2D eigenvalue weighted by Gasteiger charge is -2.37. The van der Waals surface area contributed by atoms with Crippen LogP contribution in [0, 0.1) is 0 Å². The summed E-state index contributed by atoms with van der Waals surface area (Å²) in [6.07, 6.45) is 0.674. The molecule has 1 N–H and O–H groups in total. The van der Waals surface area contributed by atoms with Crippen LogP contribution in [0.5, 0.6) is 0 Å². The zero-order chi connectivity index (χ0) is 17.4. The summed E-state index contributed by atoms with van der Waals surface area (Å²) in [5, 5.41) is 3.38. The van der Waals surface area contributed by atoms with Crippen LogP contribution in [0.3, 0.4) is 0 Å². The second-order valence-corrected chi connectivity index (χ2v) is 6.36. The first-order valence-electron chi connectivity index (χ1n) is 8.67. The SMILES string of the molecule is CN=C(NCC1COCCO1)N1CCN(CCC(=O)N(C)C)CC1.I. The third kappa shape index (κ3) is 7.63. The number of hydrogen-bond donors (Lipinski definition) is 1. The minimum absolute atomic E-state index is 0. The van der Waals surface area contributed by atoms with Crippen LogP contribution in [0.2, 0.25) is 0 Å². The number of rotatable bonds is 5. The van der Waals surface area contributed by atoms with Gasteiger partial charge in [-0.1, -0.05) is 0 Å². The maximum atomic E-state index is 11.7. The van der Waals surface area contributed by atoms with E-state index in [9.17, 15) is 4.79 Å². The Hall–Kier alpha value is -0.650. The Morgan fingerprint density at radius 1 is 1.24 bits per heavy atom. The van der Waals surface area contributed by atoms with Crippen molar-refractivity contribution in [2.75, 3.05) is 80.2 Å². The van der Waals surface area contributed by atoms with Crippen LogP contribution < -0.4 is 5.32 Å². The molecule has 2 fully saturated rings. The molecule has 0 bridgehead atoms. The molecule has 2 rings (SSSR count). The summed E-state index contributed by atoms with van der Waals surface area (Å²) in [4.78, 5) is 22.3. The van der Waals surface area contributed by atoms with E-state index >= 15 is 0 Å². The molecular formula is C16H32IN5O3. The van der Waals surface area contributed by atoms with Crippen molar-refractivity contribution in [1.29, 1.82) is 0 Å². The lowest BCUT2D eigenvalue weighted by Crippen LogP contribution is -2.54. The average molecular weight is 469 g/mol. The number of ether oxygens (including phenoxy) is 2. The van der Waals surface area contributed by atoms with Crippen molar-refractivity contribution in [3.05, 3.63) is 0 Å². The van der Waals surface area contributed by atoms with Crippen molar-refractivity contribution in [3.8, 4) is 0 Å². The van der Waals surface area contributed by atoms with E-state index in [2.05, 4.69) is 20.1 Å². The van der Waals surface area contributed by atoms with E-state index < -0.39 is 0 Å². The molecular weight excluding hydrogens is 437 g/mol. The Morgan fingerprint density at radius 2 is 1.96 bits per heavy atom. The Kier molecular flexibility index (Phi) is 10.6. The third-order valence-corrected chi connectivity index (χ3v) is 4.40. The normalized spacial score (nSPS) is 22.3. The standard InChI is InChI=1S/C16H31N5O3.HI/c1-17-16(18-12-14-13-23-10-11-24-14)21-8-6-20(7-9-21)5-4-15(22)19(2)3;/h14H,4-13H2,1-3H3,(H,17,18);1H. The van der Waals surface area contributed by atoms with Crippen molar-refractivity contribution >= 4 is 35.8 Å². The highest BCUT2D eigenvalue weighted by atomic mass is 127. The van der Waals surface area contributed by atoms with E-state index in [1.54, 1.807) is 19.0 Å². The highest BCUT2D eigenvalue weighted by Gasteiger charge is 2.21. The number of amides is 1. The molecule has 0 aromatic rings. The molecule has 1 amide bonds. The van der Waals surface area contributed by atoms with Crippen molar-refractivity contribution in [1.82, 2.24) is 20.0 Å². The maximum absolute atomic E-state index is 11.7. The number of guanidine groups is 1. The fourth-order valence-corrected chi connectivity index (χ4v) is 2.85. The highest BCUT2D eigenvalue weighted by molar-refractivity contribution is 14.0. The van der Waals surface area contributed by atoms with Gasteiger partial charge in [-0.15, -0.1) is 24.0 Å². The largest absolute Gasteiger partial charge is 0.376 e. The summed E-state index contributed by atoms with van der Waals surface area (Å²) in [6, 6.07) is 0. The molecule has 8 nitrogen and oxygen atoms in total. The van der Waals surface area contributed by atoms with Crippen LogP contribution in [0.25, 0.3) is 0 Å². The van der Waals surface area contributed by atoms with E-state index in [4.69, 9.17) is 9.47 Å². The lowest BCUT2D eigenvalue weighted by molar-refractivity contribution is -0.129. The van der Waals surface area contributed by atoms with Crippen LogP contribution in [-0.4, -0.2) is 113 Å². The number of nitrogens with one attached hydrogen (secondary N) is 1. The van der Waals surface area contributed by atoms with E-state index in [0.717, 1.165) is 38.7 Å². The van der Waals surface area contributed by atoms with Gasteiger partial charge in [0.1, 0.15) is 0 Å². The first-order valence-corrected chi connectivity index (χ1v) is 8.67. The van der Waals surface area contributed by atoms with E-state index in [1.807, 2.05) is 7.05 Å². The van der Waals surface area contributed by atoms with Gasteiger partial charge in [0, 0.05) is 66.8 Å². The highest BCUT2D eigenvalue weighted by Crippen LogP contribution is 2.05. The van der Waals surface area contributed by atoms with Crippen molar-refractivity contribution < 1.29 is 14.3 Å². The van der Waals surface area contributed by atoms with Gasteiger partial charge in [0.25, 0.3) is 0 Å². The number of carbonyl (C=O) groups excluding carboxylic acids is 1. The van der Waals surface area contributed by atoms with Gasteiger partial charge in [0.2, 0.25) is 5.91 Å².